The Kier molecular flexibility index (Phi) is 5.46. The minimum Gasteiger partial charge on any atom is -0.350 e. The zero-order valence-corrected chi connectivity index (χ0v) is 19.3. The van der Waals surface area contributed by atoms with Crippen molar-refractivity contribution >= 4 is 17.7 Å². The lowest BCUT2D eigenvalue weighted by molar-refractivity contribution is -0.133. The van der Waals surface area contributed by atoms with Crippen LogP contribution in [0.25, 0.3) is 0 Å². The molecule has 3 amide bonds. The third-order valence-electron chi connectivity index (χ3n) is 7.11. The predicted octanol–water partition coefficient (Wildman–Crippen LogP) is 2.56. The summed E-state index contributed by atoms with van der Waals surface area (Å²) in [6, 6.07) is 8.16. The Hall–Kier alpha value is -3.16. The van der Waals surface area contributed by atoms with Crippen LogP contribution in [0.5, 0.6) is 0 Å². The number of rotatable bonds is 6. The lowest BCUT2D eigenvalue weighted by atomic mass is 9.93. The molecule has 2 fully saturated rings. The summed E-state index contributed by atoms with van der Waals surface area (Å²) >= 11 is 0. The van der Waals surface area contributed by atoms with E-state index in [0.717, 1.165) is 49.7 Å². The Labute approximate surface area is 193 Å². The van der Waals surface area contributed by atoms with Crippen LogP contribution in [0.4, 0.5) is 0 Å². The van der Waals surface area contributed by atoms with E-state index in [2.05, 4.69) is 15.6 Å². The van der Waals surface area contributed by atoms with E-state index in [1.807, 2.05) is 38.1 Å². The number of benzene rings is 1. The molecule has 0 spiro atoms. The zero-order valence-electron chi connectivity index (χ0n) is 19.3. The predicted molar refractivity (Wildman–Crippen MR) is 123 cm³/mol. The molecule has 8 heteroatoms. The lowest BCUT2D eigenvalue weighted by Gasteiger charge is -2.44. The number of carbonyl (C=O) groups is 3. The van der Waals surface area contributed by atoms with Crippen LogP contribution in [0, 0.1) is 6.92 Å². The van der Waals surface area contributed by atoms with Crippen molar-refractivity contribution in [2.75, 3.05) is 0 Å². The average Bonchev–Trinajstić information content (AvgIpc) is 3.29. The average molecular weight is 450 g/mol. The molecule has 33 heavy (non-hydrogen) atoms. The second-order valence-corrected chi connectivity index (χ2v) is 9.88. The quantitative estimate of drug-likeness (QED) is 0.708. The second-order valence-electron chi connectivity index (χ2n) is 9.88. The van der Waals surface area contributed by atoms with Gasteiger partial charge in [-0.05, 0) is 45.1 Å². The molecule has 5 rings (SSSR count). The van der Waals surface area contributed by atoms with Gasteiger partial charge in [0.05, 0.1) is 12.9 Å². The van der Waals surface area contributed by atoms with Crippen LogP contribution in [-0.4, -0.2) is 49.8 Å². The summed E-state index contributed by atoms with van der Waals surface area (Å²) in [5.74, 6) is -0.779. The van der Waals surface area contributed by atoms with Crippen molar-refractivity contribution in [3.05, 3.63) is 53.1 Å². The summed E-state index contributed by atoms with van der Waals surface area (Å²) in [6.45, 7) is 4.50. The Bertz CT molecular complexity index is 1100. The van der Waals surface area contributed by atoms with Crippen molar-refractivity contribution < 1.29 is 14.4 Å². The van der Waals surface area contributed by atoms with E-state index in [0.29, 0.717) is 12.2 Å². The molecule has 1 aromatic heterocycles. The Morgan fingerprint density at radius 1 is 1.18 bits per heavy atom. The molecule has 1 aromatic carbocycles. The molecule has 174 valence electrons. The van der Waals surface area contributed by atoms with Crippen LogP contribution in [0.15, 0.2) is 30.6 Å². The maximum absolute atomic E-state index is 13.7. The monoisotopic (exact) mass is 449 g/mol. The van der Waals surface area contributed by atoms with Crippen molar-refractivity contribution in [3.8, 4) is 0 Å². The van der Waals surface area contributed by atoms with Crippen molar-refractivity contribution in [2.24, 2.45) is 0 Å². The summed E-state index contributed by atoms with van der Waals surface area (Å²) in [5.41, 5.74) is 1.56. The molecule has 2 N–H and O–H groups in total. The normalized spacial score (nSPS) is 22.8. The SMILES string of the molecule is Cc1cccc(CNC(=O)[C@]2(C)Cn3cnc(C(=O)NC4CCCC4)c3C(=O)N2C2CC2)c1. The summed E-state index contributed by atoms with van der Waals surface area (Å²) < 4.78 is 1.68. The molecule has 2 aliphatic carbocycles. The van der Waals surface area contributed by atoms with E-state index < -0.39 is 5.54 Å². The number of aryl methyl sites for hydroxylation is 1. The maximum atomic E-state index is 13.7. The van der Waals surface area contributed by atoms with Gasteiger partial charge in [-0.25, -0.2) is 4.98 Å². The van der Waals surface area contributed by atoms with E-state index in [9.17, 15) is 14.4 Å². The Balaban J connectivity index is 1.39. The fourth-order valence-electron chi connectivity index (χ4n) is 5.24. The molecule has 1 atom stereocenters. The molecular weight excluding hydrogens is 418 g/mol. The van der Waals surface area contributed by atoms with Gasteiger partial charge >= 0.3 is 0 Å². The van der Waals surface area contributed by atoms with Crippen LogP contribution < -0.4 is 10.6 Å². The van der Waals surface area contributed by atoms with Crippen LogP contribution >= 0.6 is 0 Å². The Morgan fingerprint density at radius 2 is 1.94 bits per heavy atom. The summed E-state index contributed by atoms with van der Waals surface area (Å²) in [5, 5.41) is 6.07. The molecule has 2 saturated carbocycles. The molecule has 0 bridgehead atoms. The first-order valence-electron chi connectivity index (χ1n) is 11.9. The van der Waals surface area contributed by atoms with E-state index in [-0.39, 0.29) is 42.0 Å². The van der Waals surface area contributed by atoms with Gasteiger partial charge in [-0.1, -0.05) is 42.7 Å². The molecular formula is C25H31N5O3. The second kappa shape index (κ2) is 8.32. The van der Waals surface area contributed by atoms with Gasteiger partial charge in [0.1, 0.15) is 11.2 Å². The van der Waals surface area contributed by atoms with E-state index in [4.69, 9.17) is 0 Å². The van der Waals surface area contributed by atoms with Gasteiger partial charge < -0.3 is 20.1 Å². The highest BCUT2D eigenvalue weighted by Crippen LogP contribution is 2.39. The maximum Gasteiger partial charge on any atom is 0.274 e. The molecule has 3 aliphatic rings. The number of amides is 3. The number of fused-ring (bicyclic) bond motifs is 1. The minimum atomic E-state index is -1.05. The fourth-order valence-corrected chi connectivity index (χ4v) is 5.24. The number of aromatic nitrogens is 2. The van der Waals surface area contributed by atoms with Crippen molar-refractivity contribution in [1.29, 1.82) is 0 Å². The first-order valence-corrected chi connectivity index (χ1v) is 11.9. The highest BCUT2D eigenvalue weighted by atomic mass is 16.2. The zero-order chi connectivity index (χ0) is 23.2. The Morgan fingerprint density at radius 3 is 2.64 bits per heavy atom. The molecule has 2 heterocycles. The highest BCUT2D eigenvalue weighted by Gasteiger charge is 2.53. The van der Waals surface area contributed by atoms with Gasteiger partial charge in [0.15, 0.2) is 5.69 Å². The van der Waals surface area contributed by atoms with E-state index in [1.165, 1.54) is 6.33 Å². The van der Waals surface area contributed by atoms with Gasteiger partial charge in [-0.2, -0.15) is 0 Å². The number of hydrogen-bond acceptors (Lipinski definition) is 4. The standard InChI is InChI=1S/C25H31N5O3/c1-16-6-5-7-17(12-16)13-26-24(33)25(2)14-29-15-27-20(22(31)28-18-8-3-4-9-18)21(29)23(32)30(25)19-10-11-19/h5-7,12,15,18-19H,3-4,8-11,13-14H2,1-2H3,(H,26,33)(H,28,31)/t25-/m0/s1. The summed E-state index contributed by atoms with van der Waals surface area (Å²) in [7, 11) is 0. The van der Waals surface area contributed by atoms with Crippen LogP contribution in [0.3, 0.4) is 0 Å². The molecule has 1 aliphatic heterocycles. The molecule has 0 radical (unpaired) electrons. The van der Waals surface area contributed by atoms with Gasteiger partial charge in [0, 0.05) is 18.6 Å². The molecule has 0 saturated heterocycles. The van der Waals surface area contributed by atoms with Crippen molar-refractivity contribution in [3.63, 3.8) is 0 Å². The van der Waals surface area contributed by atoms with Gasteiger partial charge in [0.25, 0.3) is 11.8 Å². The molecule has 2 aromatic rings. The van der Waals surface area contributed by atoms with Gasteiger partial charge in [0.2, 0.25) is 5.91 Å². The van der Waals surface area contributed by atoms with Crippen molar-refractivity contribution in [2.45, 2.75) is 83.1 Å². The third-order valence-corrected chi connectivity index (χ3v) is 7.11. The smallest absolute Gasteiger partial charge is 0.274 e. The topological polar surface area (TPSA) is 96.3 Å². The number of nitrogens with one attached hydrogen (secondary N) is 2. The largest absolute Gasteiger partial charge is 0.350 e. The summed E-state index contributed by atoms with van der Waals surface area (Å²) in [6.07, 6.45) is 7.39. The summed E-state index contributed by atoms with van der Waals surface area (Å²) in [4.78, 5) is 46.0. The van der Waals surface area contributed by atoms with Crippen LogP contribution in [0.2, 0.25) is 0 Å². The minimum absolute atomic E-state index is 0.0154. The number of carbonyl (C=O) groups excluding carboxylic acids is 3. The van der Waals surface area contributed by atoms with E-state index >= 15 is 0 Å². The van der Waals surface area contributed by atoms with Gasteiger partial charge in [-0.3, -0.25) is 14.4 Å². The molecule has 0 unspecified atom stereocenters. The molecule has 8 nitrogen and oxygen atoms in total. The van der Waals surface area contributed by atoms with Crippen LogP contribution in [0.1, 0.15) is 77.6 Å². The number of nitrogens with zero attached hydrogens (tertiary/aromatic N) is 3. The fraction of sp³-hybridized carbons (Fsp3) is 0.520. The van der Waals surface area contributed by atoms with Gasteiger partial charge in [-0.15, -0.1) is 0 Å². The number of hydrogen-bond donors (Lipinski definition) is 2. The lowest BCUT2D eigenvalue weighted by Crippen LogP contribution is -2.64. The first-order chi connectivity index (χ1) is 15.9. The van der Waals surface area contributed by atoms with Crippen molar-refractivity contribution in [1.82, 2.24) is 25.1 Å². The third kappa shape index (κ3) is 4.03. The highest BCUT2D eigenvalue weighted by molar-refractivity contribution is 6.07. The first kappa shape index (κ1) is 21.7. The number of imidazole rings is 1. The van der Waals surface area contributed by atoms with E-state index in [1.54, 1.807) is 9.47 Å². The van der Waals surface area contributed by atoms with Crippen LogP contribution in [-0.2, 0) is 17.9 Å².